The number of unbranched alkanes of at least 4 members (excludes halogenated alkanes) is 11. The molecular weight excluding hydrogens is 340 g/mol. The SMILES string of the molecule is CCCCCCCCCCCCCC[C@H]1O[C@@H]([C@@H]2CO2)CC[C@H]1OCOC. The number of hydrogen-bond acceptors (Lipinski definition) is 4. The van der Waals surface area contributed by atoms with Crippen LogP contribution in [0.4, 0.5) is 0 Å². The number of ether oxygens (including phenoxy) is 4. The molecule has 2 fully saturated rings. The highest BCUT2D eigenvalue weighted by molar-refractivity contribution is 4.88. The second kappa shape index (κ2) is 14.8. The van der Waals surface area contributed by atoms with Crippen LogP contribution in [0.3, 0.4) is 0 Å². The standard InChI is InChI=1S/C23H44O4/c1-3-4-5-6-7-8-9-10-11-12-13-14-15-21-20(26-19-24-2)16-17-22(27-21)23-18-25-23/h20-23H,3-19H2,1-2H3/t20-,21-,22-,23+/m1/s1. The van der Waals surface area contributed by atoms with Crippen LogP contribution in [0.15, 0.2) is 0 Å². The minimum atomic E-state index is 0.188. The molecule has 0 amide bonds. The summed E-state index contributed by atoms with van der Waals surface area (Å²) in [5, 5.41) is 0. The van der Waals surface area contributed by atoms with E-state index in [1.54, 1.807) is 7.11 Å². The van der Waals surface area contributed by atoms with E-state index in [0.717, 1.165) is 25.9 Å². The van der Waals surface area contributed by atoms with Gasteiger partial charge in [-0.15, -0.1) is 0 Å². The lowest BCUT2D eigenvalue weighted by Gasteiger charge is -2.36. The molecule has 2 aliphatic heterocycles. The van der Waals surface area contributed by atoms with Gasteiger partial charge in [0.2, 0.25) is 0 Å². The van der Waals surface area contributed by atoms with Crippen LogP contribution in [0.5, 0.6) is 0 Å². The first kappa shape index (κ1) is 23.1. The zero-order valence-electron chi connectivity index (χ0n) is 18.0. The molecule has 4 nitrogen and oxygen atoms in total. The Morgan fingerprint density at radius 1 is 0.778 bits per heavy atom. The first-order valence-electron chi connectivity index (χ1n) is 11.7. The van der Waals surface area contributed by atoms with E-state index in [0.29, 0.717) is 12.9 Å². The third kappa shape index (κ3) is 10.3. The summed E-state index contributed by atoms with van der Waals surface area (Å²) in [6.45, 7) is 3.53. The number of methoxy groups -OCH3 is 1. The summed E-state index contributed by atoms with van der Waals surface area (Å²) >= 11 is 0. The van der Waals surface area contributed by atoms with Crippen molar-refractivity contribution < 1.29 is 18.9 Å². The van der Waals surface area contributed by atoms with E-state index < -0.39 is 0 Å². The Morgan fingerprint density at radius 3 is 1.93 bits per heavy atom. The fourth-order valence-corrected chi connectivity index (χ4v) is 4.22. The minimum absolute atomic E-state index is 0.188. The third-order valence-corrected chi connectivity index (χ3v) is 6.02. The molecule has 4 heteroatoms. The van der Waals surface area contributed by atoms with Crippen molar-refractivity contribution in [1.29, 1.82) is 0 Å². The highest BCUT2D eigenvalue weighted by atomic mass is 16.7. The van der Waals surface area contributed by atoms with Gasteiger partial charge in [0.05, 0.1) is 24.9 Å². The molecular formula is C23H44O4. The van der Waals surface area contributed by atoms with E-state index in [2.05, 4.69) is 6.92 Å². The molecule has 0 aliphatic carbocycles. The Balaban J connectivity index is 1.47. The average molecular weight is 385 g/mol. The van der Waals surface area contributed by atoms with Crippen molar-refractivity contribution in [2.75, 3.05) is 20.5 Å². The molecule has 0 aromatic rings. The van der Waals surface area contributed by atoms with Gasteiger partial charge < -0.3 is 18.9 Å². The molecule has 0 radical (unpaired) electrons. The number of hydrogen-bond donors (Lipinski definition) is 0. The monoisotopic (exact) mass is 384 g/mol. The molecule has 27 heavy (non-hydrogen) atoms. The number of rotatable bonds is 17. The van der Waals surface area contributed by atoms with Gasteiger partial charge in [0, 0.05) is 7.11 Å². The molecule has 160 valence electrons. The molecule has 0 unspecified atom stereocenters. The van der Waals surface area contributed by atoms with Crippen molar-refractivity contribution in [2.24, 2.45) is 0 Å². The molecule has 2 aliphatic rings. The second-order valence-electron chi connectivity index (χ2n) is 8.45. The smallest absolute Gasteiger partial charge is 0.146 e. The van der Waals surface area contributed by atoms with Crippen molar-refractivity contribution in [3.8, 4) is 0 Å². The lowest BCUT2D eigenvalue weighted by molar-refractivity contribution is -0.176. The van der Waals surface area contributed by atoms with E-state index >= 15 is 0 Å². The van der Waals surface area contributed by atoms with Gasteiger partial charge in [0.25, 0.3) is 0 Å². The summed E-state index contributed by atoms with van der Waals surface area (Å²) < 4.78 is 22.7. The molecule has 0 bridgehead atoms. The maximum absolute atomic E-state index is 6.31. The average Bonchev–Trinajstić information content (AvgIpc) is 3.53. The van der Waals surface area contributed by atoms with Crippen LogP contribution in [0.1, 0.15) is 103 Å². The Bertz CT molecular complexity index is 345. The predicted octanol–water partition coefficient (Wildman–Crippen LogP) is 6.01. The van der Waals surface area contributed by atoms with Crippen LogP contribution < -0.4 is 0 Å². The van der Waals surface area contributed by atoms with Gasteiger partial charge in [-0.3, -0.25) is 0 Å². The summed E-state index contributed by atoms with van der Waals surface area (Å²) in [4.78, 5) is 0. The van der Waals surface area contributed by atoms with Crippen LogP contribution in [-0.4, -0.2) is 44.9 Å². The van der Waals surface area contributed by atoms with Gasteiger partial charge in [0.15, 0.2) is 0 Å². The van der Waals surface area contributed by atoms with E-state index in [1.165, 1.54) is 77.0 Å². The van der Waals surface area contributed by atoms with E-state index in [-0.39, 0.29) is 18.3 Å². The molecule has 4 atom stereocenters. The maximum Gasteiger partial charge on any atom is 0.146 e. The third-order valence-electron chi connectivity index (χ3n) is 6.02. The van der Waals surface area contributed by atoms with Gasteiger partial charge in [-0.25, -0.2) is 0 Å². The van der Waals surface area contributed by atoms with Gasteiger partial charge >= 0.3 is 0 Å². The van der Waals surface area contributed by atoms with Gasteiger partial charge in [-0.1, -0.05) is 84.0 Å². The number of epoxide rings is 1. The summed E-state index contributed by atoms with van der Waals surface area (Å²) in [5.74, 6) is 0. The quantitative estimate of drug-likeness (QED) is 0.175. The van der Waals surface area contributed by atoms with Crippen LogP contribution in [-0.2, 0) is 18.9 Å². The Morgan fingerprint density at radius 2 is 1.37 bits per heavy atom. The van der Waals surface area contributed by atoms with Crippen molar-refractivity contribution in [1.82, 2.24) is 0 Å². The zero-order valence-corrected chi connectivity index (χ0v) is 18.0. The lowest BCUT2D eigenvalue weighted by Crippen LogP contribution is -2.42. The maximum atomic E-state index is 6.31. The zero-order chi connectivity index (χ0) is 19.2. The highest BCUT2D eigenvalue weighted by Crippen LogP contribution is 2.32. The van der Waals surface area contributed by atoms with Crippen molar-refractivity contribution in [3.05, 3.63) is 0 Å². The molecule has 0 spiro atoms. The first-order chi connectivity index (χ1) is 13.3. The normalized spacial score (nSPS) is 27.8. The van der Waals surface area contributed by atoms with Crippen LogP contribution in [0, 0.1) is 0 Å². The predicted molar refractivity (Wildman–Crippen MR) is 110 cm³/mol. The molecule has 2 saturated heterocycles. The summed E-state index contributed by atoms with van der Waals surface area (Å²) in [6.07, 6.45) is 20.9. The van der Waals surface area contributed by atoms with E-state index in [1.807, 2.05) is 0 Å². The minimum Gasteiger partial charge on any atom is -0.370 e. The van der Waals surface area contributed by atoms with Gasteiger partial charge in [-0.05, 0) is 19.3 Å². The topological polar surface area (TPSA) is 40.2 Å². The molecule has 0 aromatic heterocycles. The van der Waals surface area contributed by atoms with Crippen LogP contribution >= 0.6 is 0 Å². The van der Waals surface area contributed by atoms with Crippen molar-refractivity contribution >= 4 is 0 Å². The van der Waals surface area contributed by atoms with Crippen molar-refractivity contribution in [3.63, 3.8) is 0 Å². The highest BCUT2D eigenvalue weighted by Gasteiger charge is 2.40. The molecule has 2 rings (SSSR count). The Kier molecular flexibility index (Phi) is 12.7. The second-order valence-corrected chi connectivity index (χ2v) is 8.45. The Labute approximate surface area is 167 Å². The van der Waals surface area contributed by atoms with Crippen molar-refractivity contribution in [2.45, 2.75) is 128 Å². The molecule has 0 saturated carbocycles. The fraction of sp³-hybridized carbons (Fsp3) is 1.00. The summed E-state index contributed by atoms with van der Waals surface area (Å²) in [6, 6.07) is 0. The molecule has 0 N–H and O–H groups in total. The van der Waals surface area contributed by atoms with E-state index in [4.69, 9.17) is 18.9 Å². The molecule has 2 heterocycles. The first-order valence-corrected chi connectivity index (χ1v) is 11.7. The fourth-order valence-electron chi connectivity index (χ4n) is 4.22. The van der Waals surface area contributed by atoms with Crippen LogP contribution in [0.2, 0.25) is 0 Å². The largest absolute Gasteiger partial charge is 0.370 e. The Hall–Kier alpha value is -0.160. The summed E-state index contributed by atoms with van der Waals surface area (Å²) in [5.41, 5.74) is 0. The summed E-state index contributed by atoms with van der Waals surface area (Å²) in [7, 11) is 1.69. The van der Waals surface area contributed by atoms with E-state index in [9.17, 15) is 0 Å². The molecule has 0 aromatic carbocycles. The van der Waals surface area contributed by atoms with Crippen LogP contribution in [0.25, 0.3) is 0 Å². The van der Waals surface area contributed by atoms with Gasteiger partial charge in [0.1, 0.15) is 12.9 Å². The lowest BCUT2D eigenvalue weighted by atomic mass is 9.95. The van der Waals surface area contributed by atoms with Gasteiger partial charge in [-0.2, -0.15) is 0 Å².